The van der Waals surface area contributed by atoms with Crippen molar-refractivity contribution in [2.45, 2.75) is 0 Å². The third kappa shape index (κ3) is 2.95. The van der Waals surface area contributed by atoms with Crippen LogP contribution in [-0.2, 0) is 4.74 Å². The number of aromatic nitrogens is 2. The Morgan fingerprint density at radius 2 is 2.36 bits per heavy atom. The molecule has 0 aliphatic heterocycles. The van der Waals surface area contributed by atoms with Crippen LogP contribution < -0.4 is 4.74 Å². The lowest BCUT2D eigenvalue weighted by Gasteiger charge is -2.01. The van der Waals surface area contributed by atoms with Gasteiger partial charge in [0.25, 0.3) is 0 Å². The second kappa shape index (κ2) is 4.62. The van der Waals surface area contributed by atoms with Crippen LogP contribution in [0.4, 0.5) is 0 Å². The molecule has 0 aromatic carbocycles. The molecule has 11 heavy (non-hydrogen) atoms. The molecule has 0 fully saturated rings. The van der Waals surface area contributed by atoms with Crippen molar-refractivity contribution in [2.24, 2.45) is 0 Å². The maximum Gasteiger partial charge on any atom is 0.242 e. The highest BCUT2D eigenvalue weighted by atomic mass is 16.5. The Morgan fingerprint density at radius 3 is 3.00 bits per heavy atom. The van der Waals surface area contributed by atoms with Crippen LogP contribution >= 0.6 is 0 Å². The summed E-state index contributed by atoms with van der Waals surface area (Å²) < 4.78 is 9.87. The highest BCUT2D eigenvalue weighted by Crippen LogP contribution is 1.98. The second-order valence-electron chi connectivity index (χ2n) is 1.81. The quantitative estimate of drug-likeness (QED) is 0.583. The van der Waals surface area contributed by atoms with Crippen LogP contribution in [0.5, 0.6) is 5.88 Å². The van der Waals surface area contributed by atoms with Crippen LogP contribution in [-0.4, -0.2) is 30.3 Å². The van der Waals surface area contributed by atoms with E-state index in [1.807, 2.05) is 0 Å². The van der Waals surface area contributed by atoms with Crippen molar-refractivity contribution in [3.63, 3.8) is 0 Å². The summed E-state index contributed by atoms with van der Waals surface area (Å²) in [4.78, 5) is 7.56. The van der Waals surface area contributed by atoms with Gasteiger partial charge in [0, 0.05) is 19.5 Å². The van der Waals surface area contributed by atoms with Gasteiger partial charge in [0.15, 0.2) is 6.20 Å². The maximum atomic E-state index is 5.09. The first-order chi connectivity index (χ1) is 5.43. The minimum absolute atomic E-state index is 0.407. The van der Waals surface area contributed by atoms with E-state index in [-0.39, 0.29) is 0 Å². The van der Waals surface area contributed by atoms with E-state index in [0.29, 0.717) is 19.1 Å². The summed E-state index contributed by atoms with van der Waals surface area (Å²) in [6.07, 6.45) is 5.69. The molecule has 0 amide bonds. The van der Waals surface area contributed by atoms with Crippen molar-refractivity contribution in [1.82, 2.24) is 9.97 Å². The Hall–Kier alpha value is -1.16. The minimum Gasteiger partial charge on any atom is -0.474 e. The van der Waals surface area contributed by atoms with Crippen molar-refractivity contribution >= 4 is 0 Å². The normalized spacial score (nSPS) is 9.55. The molecule has 1 radical (unpaired) electrons. The SMILES string of the molecule is COCCOc1[c]nccn1. The summed E-state index contributed by atoms with van der Waals surface area (Å²) in [5, 5.41) is 0. The lowest BCUT2D eigenvalue weighted by atomic mass is 10.7. The van der Waals surface area contributed by atoms with Crippen LogP contribution in [0, 0.1) is 6.20 Å². The molecule has 0 N–H and O–H groups in total. The van der Waals surface area contributed by atoms with Crippen LogP contribution in [0.3, 0.4) is 0 Å². The fourth-order valence-corrected chi connectivity index (χ4v) is 0.547. The molecule has 4 nitrogen and oxygen atoms in total. The molecular formula is C7H9N2O2. The maximum absolute atomic E-state index is 5.09. The van der Waals surface area contributed by atoms with Gasteiger partial charge in [-0.3, -0.25) is 0 Å². The van der Waals surface area contributed by atoms with Crippen molar-refractivity contribution < 1.29 is 9.47 Å². The number of ether oxygens (including phenoxy) is 2. The summed E-state index contributed by atoms with van der Waals surface area (Å²) in [5.41, 5.74) is 0. The van der Waals surface area contributed by atoms with E-state index in [1.54, 1.807) is 19.5 Å². The van der Waals surface area contributed by atoms with Crippen LogP contribution in [0.15, 0.2) is 12.4 Å². The molecule has 0 bridgehead atoms. The number of nitrogens with zero attached hydrogens (tertiary/aromatic N) is 2. The molecule has 0 saturated carbocycles. The summed E-state index contributed by atoms with van der Waals surface area (Å²) >= 11 is 0. The van der Waals surface area contributed by atoms with Crippen molar-refractivity contribution in [3.8, 4) is 5.88 Å². The van der Waals surface area contributed by atoms with E-state index < -0.39 is 0 Å². The fraction of sp³-hybridized carbons (Fsp3) is 0.429. The predicted molar refractivity (Wildman–Crippen MR) is 38.2 cm³/mol. The van der Waals surface area contributed by atoms with Gasteiger partial charge >= 0.3 is 0 Å². The summed E-state index contributed by atoms with van der Waals surface area (Å²) in [6.45, 7) is 1.02. The van der Waals surface area contributed by atoms with Crippen LogP contribution in [0.1, 0.15) is 0 Å². The summed E-state index contributed by atoms with van der Waals surface area (Å²) in [7, 11) is 1.61. The molecule has 0 unspecified atom stereocenters. The van der Waals surface area contributed by atoms with Gasteiger partial charge in [-0.15, -0.1) is 0 Å². The van der Waals surface area contributed by atoms with E-state index in [1.165, 1.54) is 0 Å². The zero-order chi connectivity index (χ0) is 7.94. The predicted octanol–water partition coefficient (Wildman–Crippen LogP) is 0.302. The zero-order valence-corrected chi connectivity index (χ0v) is 6.28. The molecule has 1 rings (SSSR count). The Balaban J connectivity index is 2.28. The Kier molecular flexibility index (Phi) is 3.34. The lowest BCUT2D eigenvalue weighted by Crippen LogP contribution is -2.05. The molecule has 1 aromatic heterocycles. The molecule has 0 aliphatic rings. The van der Waals surface area contributed by atoms with Gasteiger partial charge in [-0.1, -0.05) is 0 Å². The van der Waals surface area contributed by atoms with E-state index in [4.69, 9.17) is 9.47 Å². The molecule has 0 spiro atoms. The Labute approximate surface area is 65.2 Å². The molecule has 0 aliphatic carbocycles. The largest absolute Gasteiger partial charge is 0.474 e. The first kappa shape index (κ1) is 7.94. The fourth-order valence-electron chi connectivity index (χ4n) is 0.547. The summed E-state index contributed by atoms with van der Waals surface area (Å²) in [6, 6.07) is 0. The number of hydrogen-bond donors (Lipinski definition) is 0. The minimum atomic E-state index is 0.407. The monoisotopic (exact) mass is 153 g/mol. The number of rotatable bonds is 4. The number of methoxy groups -OCH3 is 1. The third-order valence-electron chi connectivity index (χ3n) is 1.02. The standard InChI is InChI=1S/C7H9N2O2/c1-10-4-5-11-7-6-8-2-3-9-7/h2-3H,4-5H2,1H3. The molecule has 0 atom stereocenters. The average molecular weight is 153 g/mol. The van der Waals surface area contributed by atoms with E-state index in [9.17, 15) is 0 Å². The summed E-state index contributed by atoms with van der Waals surface area (Å²) in [5.74, 6) is 0.407. The third-order valence-corrected chi connectivity index (χ3v) is 1.02. The van der Waals surface area contributed by atoms with Gasteiger partial charge in [-0.05, 0) is 0 Å². The van der Waals surface area contributed by atoms with Gasteiger partial charge < -0.3 is 9.47 Å². The zero-order valence-electron chi connectivity index (χ0n) is 6.28. The topological polar surface area (TPSA) is 44.2 Å². The lowest BCUT2D eigenvalue weighted by molar-refractivity contribution is 0.143. The van der Waals surface area contributed by atoms with Gasteiger partial charge in [0.2, 0.25) is 5.88 Å². The second-order valence-corrected chi connectivity index (χ2v) is 1.81. The van der Waals surface area contributed by atoms with Gasteiger partial charge in [-0.25, -0.2) is 9.97 Å². The van der Waals surface area contributed by atoms with Crippen molar-refractivity contribution in [3.05, 3.63) is 18.6 Å². The van der Waals surface area contributed by atoms with Crippen LogP contribution in [0.2, 0.25) is 0 Å². The Bertz CT molecular complexity index is 191. The molecule has 59 valence electrons. The van der Waals surface area contributed by atoms with Crippen molar-refractivity contribution in [1.29, 1.82) is 0 Å². The first-order valence-electron chi connectivity index (χ1n) is 3.24. The van der Waals surface area contributed by atoms with Gasteiger partial charge in [0.1, 0.15) is 6.61 Å². The molecular weight excluding hydrogens is 144 g/mol. The van der Waals surface area contributed by atoms with Gasteiger partial charge in [0.05, 0.1) is 6.61 Å². The van der Waals surface area contributed by atoms with Crippen LogP contribution in [0.25, 0.3) is 0 Å². The average Bonchev–Trinajstić information content (AvgIpc) is 2.07. The highest BCUT2D eigenvalue weighted by molar-refractivity contribution is 4.98. The smallest absolute Gasteiger partial charge is 0.242 e. The van der Waals surface area contributed by atoms with Crippen molar-refractivity contribution in [2.75, 3.05) is 20.3 Å². The first-order valence-corrected chi connectivity index (χ1v) is 3.24. The molecule has 1 heterocycles. The van der Waals surface area contributed by atoms with E-state index in [0.717, 1.165) is 0 Å². The molecule has 4 heteroatoms. The van der Waals surface area contributed by atoms with Gasteiger partial charge in [-0.2, -0.15) is 0 Å². The molecule has 1 aromatic rings. The molecule has 0 saturated heterocycles. The highest BCUT2D eigenvalue weighted by Gasteiger charge is 1.92. The Morgan fingerprint density at radius 1 is 1.45 bits per heavy atom. The van der Waals surface area contributed by atoms with E-state index in [2.05, 4.69) is 16.2 Å². The van der Waals surface area contributed by atoms with E-state index >= 15 is 0 Å². The number of hydrogen-bond acceptors (Lipinski definition) is 4.